The van der Waals surface area contributed by atoms with Crippen molar-refractivity contribution in [1.82, 2.24) is 24.8 Å². The van der Waals surface area contributed by atoms with Crippen molar-refractivity contribution < 1.29 is 13.9 Å². The monoisotopic (exact) mass is 618 g/mol. The molecule has 236 valence electrons. The van der Waals surface area contributed by atoms with E-state index in [2.05, 4.69) is 38.8 Å². The zero-order chi connectivity index (χ0) is 31.6. The van der Waals surface area contributed by atoms with Crippen LogP contribution in [-0.4, -0.2) is 84.0 Å². The fourth-order valence-corrected chi connectivity index (χ4v) is 6.33. The lowest BCUT2D eigenvalue weighted by molar-refractivity contribution is 0.237. The molecule has 8 nitrogen and oxygen atoms in total. The lowest BCUT2D eigenvalue weighted by Gasteiger charge is -2.15. The Bertz CT molecular complexity index is 1890. The molecule has 1 saturated heterocycles. The predicted molar refractivity (Wildman–Crippen MR) is 180 cm³/mol. The summed E-state index contributed by atoms with van der Waals surface area (Å²) >= 11 is 0. The maximum absolute atomic E-state index is 14.9. The number of aliphatic imine (C=N–C) groups is 1. The van der Waals surface area contributed by atoms with Crippen LogP contribution in [0.4, 0.5) is 4.39 Å². The van der Waals surface area contributed by atoms with Crippen LogP contribution in [0.15, 0.2) is 78.2 Å². The first-order valence-corrected chi connectivity index (χ1v) is 16.0. The highest BCUT2D eigenvalue weighted by Gasteiger charge is 2.27. The number of hydrogen-bond donors (Lipinski definition) is 1. The van der Waals surface area contributed by atoms with Gasteiger partial charge in [0, 0.05) is 59.1 Å². The van der Waals surface area contributed by atoms with Gasteiger partial charge in [0.1, 0.15) is 30.5 Å². The molecule has 5 heterocycles. The standard InChI is InChI=1S/C37H39FN6O2/c1-24-36-33(18-27(22-40-36)26-17-30(23-39-21-26)46-13-11-43(2)3)37(41-24)35-20-32-31(7-6-8-34(32)42-35)25-15-28(38)19-29(16-25)45-14-12-44-9-4-5-10-44/h6-8,15-24,42H,4-5,9-14H2,1-3H3/t24-/m0/s1. The molecule has 7 rings (SSSR count). The number of pyridine rings is 2. The summed E-state index contributed by atoms with van der Waals surface area (Å²) in [7, 11) is 4.04. The lowest BCUT2D eigenvalue weighted by Crippen LogP contribution is -2.25. The van der Waals surface area contributed by atoms with E-state index in [0.717, 1.165) is 87.7 Å². The molecule has 0 saturated carbocycles. The number of likely N-dealkylation sites (N-methyl/N-ethyl adjacent to an activating group) is 1. The van der Waals surface area contributed by atoms with E-state index >= 15 is 0 Å². The van der Waals surface area contributed by atoms with Crippen molar-refractivity contribution in [2.24, 2.45) is 4.99 Å². The van der Waals surface area contributed by atoms with Crippen molar-refractivity contribution in [1.29, 1.82) is 0 Å². The van der Waals surface area contributed by atoms with Crippen molar-refractivity contribution in [2.75, 3.05) is 53.5 Å². The molecule has 0 amide bonds. The number of likely N-dealkylation sites (tertiary alicyclic amines) is 1. The second kappa shape index (κ2) is 13.0. The van der Waals surface area contributed by atoms with Crippen LogP contribution in [0.3, 0.4) is 0 Å². The third-order valence-electron chi connectivity index (χ3n) is 8.72. The number of aromatic nitrogens is 3. The molecule has 2 aromatic carbocycles. The average Bonchev–Trinajstić information content (AvgIpc) is 3.80. The summed E-state index contributed by atoms with van der Waals surface area (Å²) in [6.07, 6.45) is 7.92. The molecule has 3 aromatic heterocycles. The number of ether oxygens (including phenoxy) is 2. The number of halogens is 1. The van der Waals surface area contributed by atoms with E-state index in [1.807, 2.05) is 56.8 Å². The van der Waals surface area contributed by atoms with Crippen LogP contribution >= 0.6 is 0 Å². The molecule has 0 unspecified atom stereocenters. The molecule has 1 fully saturated rings. The minimum Gasteiger partial charge on any atom is -0.492 e. The van der Waals surface area contributed by atoms with Gasteiger partial charge in [-0.3, -0.25) is 19.9 Å². The van der Waals surface area contributed by atoms with E-state index in [1.165, 1.54) is 18.9 Å². The largest absolute Gasteiger partial charge is 0.492 e. The third kappa shape index (κ3) is 6.38. The minimum absolute atomic E-state index is 0.0766. The van der Waals surface area contributed by atoms with Crippen molar-refractivity contribution in [3.8, 4) is 33.8 Å². The van der Waals surface area contributed by atoms with Crippen molar-refractivity contribution in [2.45, 2.75) is 25.8 Å². The molecule has 2 aliphatic rings. The zero-order valence-corrected chi connectivity index (χ0v) is 26.6. The van der Waals surface area contributed by atoms with Crippen LogP contribution in [0.1, 0.15) is 42.8 Å². The lowest BCUT2D eigenvalue weighted by atomic mass is 9.99. The molecule has 0 bridgehead atoms. The number of H-pyrrole nitrogens is 1. The molecular formula is C37H39FN6O2. The van der Waals surface area contributed by atoms with Gasteiger partial charge in [-0.1, -0.05) is 12.1 Å². The van der Waals surface area contributed by atoms with E-state index in [0.29, 0.717) is 19.0 Å². The molecule has 5 aromatic rings. The summed E-state index contributed by atoms with van der Waals surface area (Å²) in [5, 5.41) is 0.991. The number of hydrogen-bond acceptors (Lipinski definition) is 7. The van der Waals surface area contributed by atoms with E-state index in [9.17, 15) is 4.39 Å². The summed E-state index contributed by atoms with van der Waals surface area (Å²) in [5.41, 5.74) is 8.20. The Hall–Kier alpha value is -4.60. The molecule has 46 heavy (non-hydrogen) atoms. The minimum atomic E-state index is -0.315. The predicted octanol–water partition coefficient (Wildman–Crippen LogP) is 6.76. The molecule has 2 aliphatic heterocycles. The Balaban J connectivity index is 1.17. The summed E-state index contributed by atoms with van der Waals surface area (Å²) in [5.74, 6) is 0.956. The Morgan fingerprint density at radius 3 is 2.54 bits per heavy atom. The summed E-state index contributed by atoms with van der Waals surface area (Å²) < 4.78 is 26.8. The number of nitrogens with zero attached hydrogens (tertiary/aromatic N) is 5. The van der Waals surface area contributed by atoms with E-state index in [4.69, 9.17) is 19.5 Å². The van der Waals surface area contributed by atoms with Gasteiger partial charge in [-0.2, -0.15) is 0 Å². The van der Waals surface area contributed by atoms with Gasteiger partial charge in [-0.25, -0.2) is 4.39 Å². The molecule has 9 heteroatoms. The normalized spacial score (nSPS) is 16.3. The highest BCUT2D eigenvalue weighted by atomic mass is 19.1. The topological polar surface area (TPSA) is 78.9 Å². The van der Waals surface area contributed by atoms with Crippen molar-refractivity contribution >= 4 is 16.6 Å². The Morgan fingerprint density at radius 1 is 0.891 bits per heavy atom. The highest BCUT2D eigenvalue weighted by Crippen LogP contribution is 2.37. The quantitative estimate of drug-likeness (QED) is 0.176. The summed E-state index contributed by atoms with van der Waals surface area (Å²) in [4.78, 5) is 22.3. The Morgan fingerprint density at radius 2 is 1.70 bits per heavy atom. The molecule has 0 radical (unpaired) electrons. The van der Waals surface area contributed by atoms with Gasteiger partial charge in [-0.15, -0.1) is 0 Å². The van der Waals surface area contributed by atoms with E-state index in [1.54, 1.807) is 12.3 Å². The Labute approximate surface area is 268 Å². The van der Waals surface area contributed by atoms with Gasteiger partial charge in [0.15, 0.2) is 0 Å². The van der Waals surface area contributed by atoms with Crippen LogP contribution < -0.4 is 9.47 Å². The summed E-state index contributed by atoms with van der Waals surface area (Å²) in [6, 6.07) is 17.2. The van der Waals surface area contributed by atoms with Crippen molar-refractivity contribution in [3.63, 3.8) is 0 Å². The Kier molecular flexibility index (Phi) is 8.51. The van der Waals surface area contributed by atoms with Crippen LogP contribution in [0.2, 0.25) is 0 Å². The second-order valence-electron chi connectivity index (χ2n) is 12.4. The smallest absolute Gasteiger partial charge is 0.138 e. The molecular weight excluding hydrogens is 579 g/mol. The first-order chi connectivity index (χ1) is 22.4. The molecule has 0 spiro atoms. The van der Waals surface area contributed by atoms with Gasteiger partial charge in [0.2, 0.25) is 0 Å². The fraction of sp³-hybridized carbons (Fsp3) is 0.324. The first kappa shape index (κ1) is 30.1. The van der Waals surface area contributed by atoms with E-state index in [-0.39, 0.29) is 11.9 Å². The number of benzene rings is 2. The van der Waals surface area contributed by atoms with Crippen LogP contribution in [-0.2, 0) is 0 Å². The summed E-state index contributed by atoms with van der Waals surface area (Å²) in [6.45, 7) is 7.08. The van der Waals surface area contributed by atoms with E-state index < -0.39 is 0 Å². The number of rotatable bonds is 11. The van der Waals surface area contributed by atoms with Gasteiger partial charge in [-0.05, 0) is 94.5 Å². The molecule has 0 aliphatic carbocycles. The highest BCUT2D eigenvalue weighted by molar-refractivity contribution is 6.17. The van der Waals surface area contributed by atoms with Crippen LogP contribution in [0.25, 0.3) is 33.2 Å². The van der Waals surface area contributed by atoms with Gasteiger partial charge >= 0.3 is 0 Å². The fourth-order valence-electron chi connectivity index (χ4n) is 6.33. The maximum Gasteiger partial charge on any atom is 0.138 e. The van der Waals surface area contributed by atoms with Crippen molar-refractivity contribution in [3.05, 3.63) is 96.0 Å². The van der Waals surface area contributed by atoms with Gasteiger partial charge < -0.3 is 19.4 Å². The molecule has 1 N–H and O–H groups in total. The van der Waals surface area contributed by atoms with Crippen LogP contribution in [0.5, 0.6) is 11.5 Å². The SMILES string of the molecule is C[C@@H]1N=C(c2cc3c(-c4cc(F)cc(OCCN5CCCC5)c4)cccc3[nH]2)c2cc(-c3cncc(OCCN(C)C)c3)cnc21. The van der Waals surface area contributed by atoms with Gasteiger partial charge in [0.25, 0.3) is 0 Å². The zero-order valence-electron chi connectivity index (χ0n) is 26.6. The number of nitrogens with one attached hydrogen (secondary N) is 1. The average molecular weight is 619 g/mol. The number of fused-ring (bicyclic) bond motifs is 2. The third-order valence-corrected chi connectivity index (χ3v) is 8.72. The molecule has 1 atom stereocenters. The second-order valence-corrected chi connectivity index (χ2v) is 12.4. The van der Waals surface area contributed by atoms with Crippen LogP contribution in [0, 0.1) is 5.82 Å². The maximum atomic E-state index is 14.9. The first-order valence-electron chi connectivity index (χ1n) is 16.0. The number of aromatic amines is 1. The van der Waals surface area contributed by atoms with Gasteiger partial charge in [0.05, 0.1) is 29.3 Å².